The lowest BCUT2D eigenvalue weighted by molar-refractivity contribution is 0.412. The molecule has 1 aromatic heterocycles. The van der Waals surface area contributed by atoms with Gasteiger partial charge in [0.15, 0.2) is 0 Å². The molecule has 0 aliphatic rings. The minimum Gasteiger partial charge on any atom is -0.496 e. The number of rotatable bonds is 3. The lowest BCUT2D eigenvalue weighted by Gasteiger charge is -2.06. The summed E-state index contributed by atoms with van der Waals surface area (Å²) in [6, 6.07) is 1.88. The van der Waals surface area contributed by atoms with Crippen molar-refractivity contribution in [2.24, 2.45) is 5.73 Å². The van der Waals surface area contributed by atoms with Gasteiger partial charge in [-0.05, 0) is 50.9 Å². The van der Waals surface area contributed by atoms with E-state index in [4.69, 9.17) is 14.9 Å². The fourth-order valence-electron chi connectivity index (χ4n) is 1.67. The van der Waals surface area contributed by atoms with Crippen LogP contribution < -0.4 is 10.5 Å². The number of fused-ring (bicyclic) bond motifs is 1. The minimum absolute atomic E-state index is 0.593. The zero-order valence-electron chi connectivity index (χ0n) is 8.72. The van der Waals surface area contributed by atoms with Gasteiger partial charge in [-0.15, -0.1) is 0 Å². The summed E-state index contributed by atoms with van der Waals surface area (Å²) in [6.45, 7) is 0.593. The van der Waals surface area contributed by atoms with Crippen LogP contribution in [0.2, 0.25) is 0 Å². The van der Waals surface area contributed by atoms with Gasteiger partial charge in [-0.1, -0.05) is 0 Å². The summed E-state index contributed by atoms with van der Waals surface area (Å²) in [7, 11) is 1.64. The van der Waals surface area contributed by atoms with Crippen molar-refractivity contribution >= 4 is 42.8 Å². The van der Waals surface area contributed by atoms with E-state index in [0.29, 0.717) is 6.54 Å². The van der Waals surface area contributed by atoms with Crippen LogP contribution in [-0.2, 0) is 6.42 Å². The molecule has 0 amide bonds. The number of furan rings is 1. The Labute approximate surface area is 110 Å². The van der Waals surface area contributed by atoms with Crippen LogP contribution in [0.3, 0.4) is 0 Å². The first-order valence-corrected chi connectivity index (χ1v) is 6.39. The van der Waals surface area contributed by atoms with Gasteiger partial charge in [0, 0.05) is 10.9 Å². The Morgan fingerprint density at radius 2 is 2.19 bits per heavy atom. The first kappa shape index (κ1) is 12.0. The topological polar surface area (TPSA) is 48.4 Å². The maximum atomic E-state index is 5.57. The Hall–Kier alpha value is -0.520. The minimum atomic E-state index is 0.593. The molecular weight excluding hydrogens is 338 g/mol. The number of halogens is 2. The highest BCUT2D eigenvalue weighted by molar-refractivity contribution is 9.11. The van der Waals surface area contributed by atoms with E-state index >= 15 is 0 Å². The summed E-state index contributed by atoms with van der Waals surface area (Å²) >= 11 is 6.99. The van der Waals surface area contributed by atoms with Gasteiger partial charge in [0.1, 0.15) is 11.3 Å². The van der Waals surface area contributed by atoms with Gasteiger partial charge in [-0.3, -0.25) is 0 Å². The standard InChI is InChI=1S/C11H11Br2NO2/c1-15-8-4-7(12)11-9(10(8)13)6(2-3-14)5-16-11/h4-5H,2-3,14H2,1H3. The largest absolute Gasteiger partial charge is 0.496 e. The van der Waals surface area contributed by atoms with Crippen LogP contribution >= 0.6 is 31.9 Å². The van der Waals surface area contributed by atoms with E-state index < -0.39 is 0 Å². The number of benzene rings is 1. The fourth-order valence-corrected chi connectivity index (χ4v) is 2.88. The molecule has 1 heterocycles. The monoisotopic (exact) mass is 347 g/mol. The Bertz CT molecular complexity index is 522. The molecule has 86 valence electrons. The van der Waals surface area contributed by atoms with Crippen molar-refractivity contribution in [1.29, 1.82) is 0 Å². The third-order valence-electron chi connectivity index (χ3n) is 2.41. The molecule has 2 aromatic rings. The Morgan fingerprint density at radius 1 is 1.44 bits per heavy atom. The van der Waals surface area contributed by atoms with E-state index in [2.05, 4.69) is 31.9 Å². The van der Waals surface area contributed by atoms with Crippen LogP contribution in [0.5, 0.6) is 5.75 Å². The molecule has 0 radical (unpaired) electrons. The van der Waals surface area contributed by atoms with Gasteiger partial charge in [0.25, 0.3) is 0 Å². The summed E-state index contributed by atoms with van der Waals surface area (Å²) < 4.78 is 12.6. The van der Waals surface area contributed by atoms with E-state index in [1.54, 1.807) is 13.4 Å². The van der Waals surface area contributed by atoms with Crippen molar-refractivity contribution in [3.8, 4) is 5.75 Å². The van der Waals surface area contributed by atoms with Crippen molar-refractivity contribution in [3.05, 3.63) is 26.8 Å². The quantitative estimate of drug-likeness (QED) is 0.923. The van der Waals surface area contributed by atoms with Gasteiger partial charge in [0.2, 0.25) is 0 Å². The number of ether oxygens (including phenoxy) is 1. The molecule has 0 fully saturated rings. The molecule has 5 heteroatoms. The van der Waals surface area contributed by atoms with Crippen LogP contribution in [-0.4, -0.2) is 13.7 Å². The molecule has 16 heavy (non-hydrogen) atoms. The second kappa shape index (κ2) is 4.77. The lowest BCUT2D eigenvalue weighted by Crippen LogP contribution is -2.02. The van der Waals surface area contributed by atoms with Crippen molar-refractivity contribution in [3.63, 3.8) is 0 Å². The molecule has 0 atom stereocenters. The fraction of sp³-hybridized carbons (Fsp3) is 0.273. The second-order valence-corrected chi connectivity index (χ2v) is 5.03. The average molecular weight is 349 g/mol. The molecule has 0 saturated heterocycles. The molecule has 0 saturated carbocycles. The first-order valence-electron chi connectivity index (χ1n) is 4.81. The smallest absolute Gasteiger partial charge is 0.149 e. The predicted molar refractivity (Wildman–Crippen MR) is 70.9 cm³/mol. The van der Waals surface area contributed by atoms with Crippen molar-refractivity contribution < 1.29 is 9.15 Å². The van der Waals surface area contributed by atoms with Gasteiger partial charge < -0.3 is 14.9 Å². The van der Waals surface area contributed by atoms with Crippen LogP contribution in [0.4, 0.5) is 0 Å². The molecule has 2 rings (SSSR count). The van der Waals surface area contributed by atoms with Gasteiger partial charge in [-0.2, -0.15) is 0 Å². The van der Waals surface area contributed by atoms with E-state index in [9.17, 15) is 0 Å². The molecule has 0 aliphatic heterocycles. The Kier molecular flexibility index (Phi) is 3.56. The molecule has 1 aromatic carbocycles. The molecule has 0 spiro atoms. The normalized spacial score (nSPS) is 11.0. The Morgan fingerprint density at radius 3 is 2.81 bits per heavy atom. The average Bonchev–Trinajstić information content (AvgIpc) is 2.68. The lowest BCUT2D eigenvalue weighted by atomic mass is 10.1. The number of hydrogen-bond donors (Lipinski definition) is 1. The highest BCUT2D eigenvalue weighted by atomic mass is 79.9. The molecule has 3 nitrogen and oxygen atoms in total. The maximum Gasteiger partial charge on any atom is 0.149 e. The number of nitrogens with two attached hydrogens (primary N) is 1. The van der Waals surface area contributed by atoms with Crippen LogP contribution in [0.1, 0.15) is 5.56 Å². The Balaban J connectivity index is 2.74. The van der Waals surface area contributed by atoms with E-state index in [0.717, 1.165) is 37.6 Å². The number of methoxy groups -OCH3 is 1. The van der Waals surface area contributed by atoms with E-state index in [1.807, 2.05) is 6.07 Å². The third-order valence-corrected chi connectivity index (χ3v) is 3.79. The SMILES string of the molecule is COc1cc(Br)c2occ(CCN)c2c1Br. The van der Waals surface area contributed by atoms with Gasteiger partial charge in [-0.25, -0.2) is 0 Å². The summed E-state index contributed by atoms with van der Waals surface area (Å²) in [6.07, 6.45) is 2.53. The second-order valence-electron chi connectivity index (χ2n) is 3.38. The van der Waals surface area contributed by atoms with Crippen LogP contribution in [0.25, 0.3) is 11.0 Å². The van der Waals surface area contributed by atoms with Crippen molar-refractivity contribution in [2.45, 2.75) is 6.42 Å². The summed E-state index contributed by atoms with van der Waals surface area (Å²) in [5.74, 6) is 0.777. The van der Waals surface area contributed by atoms with Crippen molar-refractivity contribution in [2.75, 3.05) is 13.7 Å². The number of hydrogen-bond acceptors (Lipinski definition) is 3. The van der Waals surface area contributed by atoms with E-state index in [1.165, 1.54) is 0 Å². The molecule has 0 bridgehead atoms. The third kappa shape index (κ3) is 1.87. The highest BCUT2D eigenvalue weighted by Crippen LogP contribution is 2.40. The highest BCUT2D eigenvalue weighted by Gasteiger charge is 2.16. The van der Waals surface area contributed by atoms with Gasteiger partial charge in [0.05, 0.1) is 22.3 Å². The zero-order valence-corrected chi connectivity index (χ0v) is 11.9. The molecular formula is C11H11Br2NO2. The van der Waals surface area contributed by atoms with Crippen molar-refractivity contribution in [1.82, 2.24) is 0 Å². The predicted octanol–water partition coefficient (Wildman–Crippen LogP) is 3.47. The maximum absolute atomic E-state index is 5.57. The van der Waals surface area contributed by atoms with Gasteiger partial charge >= 0.3 is 0 Å². The van der Waals surface area contributed by atoms with Crippen LogP contribution in [0.15, 0.2) is 25.7 Å². The first-order chi connectivity index (χ1) is 7.69. The van der Waals surface area contributed by atoms with E-state index in [-0.39, 0.29) is 0 Å². The summed E-state index contributed by atoms with van der Waals surface area (Å²) in [5, 5.41) is 1.02. The molecule has 0 aliphatic carbocycles. The summed E-state index contributed by atoms with van der Waals surface area (Å²) in [4.78, 5) is 0. The van der Waals surface area contributed by atoms with Crippen LogP contribution in [0, 0.1) is 0 Å². The molecule has 2 N–H and O–H groups in total. The molecule has 0 unspecified atom stereocenters. The summed E-state index contributed by atoms with van der Waals surface area (Å²) in [5.41, 5.74) is 7.47. The zero-order chi connectivity index (χ0) is 11.7.